The number of rotatable bonds is 4. The number of aryl methyl sites for hydroxylation is 3. The van der Waals surface area contributed by atoms with Gasteiger partial charge in [-0.3, -0.25) is 4.31 Å². The van der Waals surface area contributed by atoms with Gasteiger partial charge in [-0.25, -0.2) is 8.42 Å². The molecule has 0 saturated heterocycles. The van der Waals surface area contributed by atoms with Gasteiger partial charge in [0.25, 0.3) is 10.0 Å². The van der Waals surface area contributed by atoms with Crippen molar-refractivity contribution in [3.05, 3.63) is 71.3 Å². The lowest BCUT2D eigenvalue weighted by molar-refractivity contribution is 0.592. The van der Waals surface area contributed by atoms with Crippen LogP contribution in [-0.4, -0.2) is 19.9 Å². The van der Waals surface area contributed by atoms with Gasteiger partial charge in [0.2, 0.25) is 0 Å². The number of aromatic amines is 1. The van der Waals surface area contributed by atoms with Crippen LogP contribution in [-0.2, 0) is 10.0 Å². The zero-order valence-corrected chi connectivity index (χ0v) is 17.4. The van der Waals surface area contributed by atoms with Crippen LogP contribution < -0.4 is 4.31 Å². The average Bonchev–Trinajstić information content (AvgIpc) is 3.07. The highest BCUT2D eigenvalue weighted by Gasteiger charge is 2.26. The van der Waals surface area contributed by atoms with Gasteiger partial charge < -0.3 is 4.98 Å². The number of aromatic nitrogens is 1. The first-order chi connectivity index (χ1) is 13.3. The maximum atomic E-state index is 13.4. The highest BCUT2D eigenvalue weighted by atomic mass is 32.2. The normalized spacial score (nSPS) is 12.0. The standard InChI is InChI=1S/C23H24N2O2S/c1-5-25(28(26,27)18-13-9-15(2)10-14-18)20-8-6-7-19-21-16(3)11-12-17(4)22(21)24-23(19)20/h6-14,24H,5H2,1-4H3. The van der Waals surface area contributed by atoms with Gasteiger partial charge >= 0.3 is 0 Å². The summed E-state index contributed by atoms with van der Waals surface area (Å²) in [4.78, 5) is 3.80. The van der Waals surface area contributed by atoms with E-state index in [1.54, 1.807) is 12.1 Å². The topological polar surface area (TPSA) is 53.2 Å². The lowest BCUT2D eigenvalue weighted by Gasteiger charge is -2.23. The van der Waals surface area contributed by atoms with Gasteiger partial charge in [-0.2, -0.15) is 0 Å². The number of benzene rings is 3. The fourth-order valence-electron chi connectivity index (χ4n) is 3.84. The molecule has 0 aliphatic heterocycles. The van der Waals surface area contributed by atoms with E-state index in [9.17, 15) is 8.42 Å². The number of anilines is 1. The number of fused-ring (bicyclic) bond motifs is 3. The van der Waals surface area contributed by atoms with Crippen LogP contribution in [0.1, 0.15) is 23.6 Å². The Morgan fingerprint density at radius 1 is 0.857 bits per heavy atom. The zero-order chi connectivity index (χ0) is 20.1. The van der Waals surface area contributed by atoms with Gasteiger partial charge in [0, 0.05) is 22.8 Å². The van der Waals surface area contributed by atoms with E-state index in [1.807, 2.05) is 38.1 Å². The lowest BCUT2D eigenvalue weighted by atomic mass is 10.0. The number of sulfonamides is 1. The van der Waals surface area contributed by atoms with E-state index in [2.05, 4.69) is 37.0 Å². The third-order valence-electron chi connectivity index (χ3n) is 5.35. The van der Waals surface area contributed by atoms with Gasteiger partial charge in [0.1, 0.15) is 0 Å². The molecule has 0 fully saturated rings. The quantitative estimate of drug-likeness (QED) is 0.501. The summed E-state index contributed by atoms with van der Waals surface area (Å²) in [6.45, 7) is 8.32. The Balaban J connectivity index is 1.98. The molecule has 4 aromatic rings. The van der Waals surface area contributed by atoms with Crippen LogP contribution in [0.2, 0.25) is 0 Å². The smallest absolute Gasteiger partial charge is 0.264 e. The molecule has 0 aliphatic carbocycles. The number of H-pyrrole nitrogens is 1. The molecule has 1 heterocycles. The molecular weight excluding hydrogens is 368 g/mol. The van der Waals surface area contributed by atoms with Crippen molar-refractivity contribution in [1.82, 2.24) is 4.98 Å². The third kappa shape index (κ3) is 2.78. The first-order valence-corrected chi connectivity index (χ1v) is 10.9. The molecule has 0 radical (unpaired) electrons. The van der Waals surface area contributed by atoms with E-state index in [-0.39, 0.29) is 0 Å². The maximum Gasteiger partial charge on any atom is 0.264 e. The van der Waals surface area contributed by atoms with Crippen LogP contribution in [0.25, 0.3) is 21.8 Å². The highest BCUT2D eigenvalue weighted by molar-refractivity contribution is 7.92. The largest absolute Gasteiger partial charge is 0.353 e. The number of hydrogen-bond acceptors (Lipinski definition) is 2. The molecule has 1 N–H and O–H groups in total. The molecule has 0 bridgehead atoms. The van der Waals surface area contributed by atoms with Crippen molar-refractivity contribution in [2.45, 2.75) is 32.6 Å². The molecule has 1 aromatic heterocycles. The van der Waals surface area contributed by atoms with Crippen LogP contribution in [0.4, 0.5) is 5.69 Å². The van der Waals surface area contributed by atoms with E-state index in [1.165, 1.54) is 9.87 Å². The fourth-order valence-corrected chi connectivity index (χ4v) is 5.32. The number of nitrogens with one attached hydrogen (secondary N) is 1. The molecule has 3 aromatic carbocycles. The van der Waals surface area contributed by atoms with Gasteiger partial charge in [-0.05, 0) is 57.0 Å². The van der Waals surface area contributed by atoms with E-state index in [0.717, 1.165) is 32.9 Å². The molecule has 0 aliphatic rings. The van der Waals surface area contributed by atoms with Crippen molar-refractivity contribution < 1.29 is 8.42 Å². The zero-order valence-electron chi connectivity index (χ0n) is 16.6. The monoisotopic (exact) mass is 392 g/mol. The SMILES string of the molecule is CCN(c1cccc2c1[nH]c1c(C)ccc(C)c12)S(=O)(=O)c1ccc(C)cc1. The molecule has 5 heteroatoms. The predicted molar refractivity (Wildman–Crippen MR) is 117 cm³/mol. The van der Waals surface area contributed by atoms with Crippen LogP contribution in [0, 0.1) is 20.8 Å². The summed E-state index contributed by atoms with van der Waals surface area (Å²) in [5, 5.41) is 2.20. The predicted octanol–water partition coefficient (Wildman–Crippen LogP) is 5.46. The van der Waals surface area contributed by atoms with E-state index in [4.69, 9.17) is 0 Å². The molecule has 4 rings (SSSR count). The average molecular weight is 393 g/mol. The third-order valence-corrected chi connectivity index (χ3v) is 7.25. The van der Waals surface area contributed by atoms with Gasteiger partial charge in [0.15, 0.2) is 0 Å². The van der Waals surface area contributed by atoms with Gasteiger partial charge in [-0.15, -0.1) is 0 Å². The van der Waals surface area contributed by atoms with Crippen molar-refractivity contribution in [2.75, 3.05) is 10.8 Å². The summed E-state index contributed by atoms with van der Waals surface area (Å²) >= 11 is 0. The van der Waals surface area contributed by atoms with Crippen molar-refractivity contribution in [2.24, 2.45) is 0 Å². The van der Waals surface area contributed by atoms with Crippen LogP contribution >= 0.6 is 0 Å². The second-order valence-corrected chi connectivity index (χ2v) is 9.12. The lowest BCUT2D eigenvalue weighted by Crippen LogP contribution is -2.31. The molecule has 4 nitrogen and oxygen atoms in total. The molecule has 0 atom stereocenters. The van der Waals surface area contributed by atoms with E-state index >= 15 is 0 Å². The molecule has 0 saturated carbocycles. The van der Waals surface area contributed by atoms with Crippen molar-refractivity contribution in [3.63, 3.8) is 0 Å². The minimum Gasteiger partial charge on any atom is -0.353 e. The molecule has 144 valence electrons. The number of hydrogen-bond donors (Lipinski definition) is 1. The summed E-state index contributed by atoms with van der Waals surface area (Å²) in [7, 11) is -3.66. The Morgan fingerprint density at radius 3 is 2.21 bits per heavy atom. The summed E-state index contributed by atoms with van der Waals surface area (Å²) in [6.07, 6.45) is 0. The highest BCUT2D eigenvalue weighted by Crippen LogP contribution is 2.37. The molecule has 0 amide bonds. The second kappa shape index (κ2) is 6.67. The number of nitrogens with zero attached hydrogens (tertiary/aromatic N) is 1. The fraction of sp³-hybridized carbons (Fsp3) is 0.217. The van der Waals surface area contributed by atoms with Crippen LogP contribution in [0.15, 0.2) is 59.5 Å². The van der Waals surface area contributed by atoms with Gasteiger partial charge in [0.05, 0.1) is 16.1 Å². The molecule has 0 unspecified atom stereocenters. The first kappa shape index (κ1) is 18.6. The second-order valence-electron chi connectivity index (χ2n) is 7.26. The minimum atomic E-state index is -3.66. The molecule has 0 spiro atoms. The van der Waals surface area contributed by atoms with Crippen molar-refractivity contribution in [3.8, 4) is 0 Å². The Hall–Kier alpha value is -2.79. The Bertz CT molecular complexity index is 1290. The maximum absolute atomic E-state index is 13.4. The Labute approximate surface area is 165 Å². The van der Waals surface area contributed by atoms with Crippen LogP contribution in [0.5, 0.6) is 0 Å². The Morgan fingerprint density at radius 2 is 1.54 bits per heavy atom. The van der Waals surface area contributed by atoms with Gasteiger partial charge in [-0.1, -0.05) is 42.0 Å². The Kier molecular flexibility index (Phi) is 4.42. The summed E-state index contributed by atoms with van der Waals surface area (Å²) < 4.78 is 28.2. The molecule has 28 heavy (non-hydrogen) atoms. The summed E-state index contributed by atoms with van der Waals surface area (Å²) in [5.41, 5.74) is 5.94. The van der Waals surface area contributed by atoms with E-state index < -0.39 is 10.0 Å². The summed E-state index contributed by atoms with van der Waals surface area (Å²) in [5.74, 6) is 0. The summed E-state index contributed by atoms with van der Waals surface area (Å²) in [6, 6.07) is 17.1. The van der Waals surface area contributed by atoms with Crippen molar-refractivity contribution >= 4 is 37.5 Å². The minimum absolute atomic E-state index is 0.306. The van der Waals surface area contributed by atoms with Crippen LogP contribution in [0.3, 0.4) is 0 Å². The van der Waals surface area contributed by atoms with E-state index in [0.29, 0.717) is 17.1 Å². The number of para-hydroxylation sites is 1. The van der Waals surface area contributed by atoms with Crippen molar-refractivity contribution in [1.29, 1.82) is 0 Å². The molecular formula is C23H24N2O2S. The first-order valence-electron chi connectivity index (χ1n) is 9.44.